The maximum absolute atomic E-state index is 11.4. The van der Waals surface area contributed by atoms with Gasteiger partial charge in [0.25, 0.3) is 0 Å². The minimum atomic E-state index is -0.955. The topological polar surface area (TPSA) is 68.7 Å². The molecule has 0 atom stereocenters. The van der Waals surface area contributed by atoms with Crippen LogP contribution < -0.4 is 9.47 Å². The number of fused-ring (bicyclic) bond motifs is 1. The number of carboxylic acids is 1. The van der Waals surface area contributed by atoms with Crippen molar-refractivity contribution in [3.63, 3.8) is 0 Å². The average Bonchev–Trinajstić information content (AvgIpc) is 2.43. The summed E-state index contributed by atoms with van der Waals surface area (Å²) in [5, 5.41) is 10.2. The second kappa shape index (κ2) is 5.36. The summed E-state index contributed by atoms with van der Waals surface area (Å²) in [6, 6.07) is 3.55. The van der Waals surface area contributed by atoms with E-state index in [2.05, 4.69) is 4.98 Å². The van der Waals surface area contributed by atoms with Gasteiger partial charge in [0.05, 0.1) is 31.0 Å². The Hall–Kier alpha value is -2.30. The van der Waals surface area contributed by atoms with Crippen molar-refractivity contribution in [2.45, 2.75) is 20.3 Å². The molecule has 1 aromatic carbocycles. The normalized spacial score (nSPS) is 10.6. The number of aromatic carboxylic acids is 1. The number of ether oxygens (including phenoxy) is 2. The van der Waals surface area contributed by atoms with Gasteiger partial charge in [-0.2, -0.15) is 0 Å². The number of rotatable bonds is 4. The summed E-state index contributed by atoms with van der Waals surface area (Å²) in [6.45, 7) is 3.64. The molecule has 0 spiro atoms. The predicted octanol–water partition coefficient (Wildman–Crippen LogP) is 2.82. The molecule has 106 valence electrons. The molecule has 0 aliphatic carbocycles. The fourth-order valence-electron chi connectivity index (χ4n) is 2.44. The number of carbonyl (C=O) groups is 1. The largest absolute Gasteiger partial charge is 0.493 e. The molecule has 5 nitrogen and oxygen atoms in total. The van der Waals surface area contributed by atoms with Crippen LogP contribution in [0.4, 0.5) is 0 Å². The Morgan fingerprint density at radius 1 is 1.25 bits per heavy atom. The van der Waals surface area contributed by atoms with Crippen LogP contribution in [-0.4, -0.2) is 30.3 Å². The first-order chi connectivity index (χ1) is 9.53. The highest BCUT2D eigenvalue weighted by molar-refractivity contribution is 5.98. The molecule has 2 rings (SSSR count). The highest BCUT2D eigenvalue weighted by atomic mass is 16.5. The van der Waals surface area contributed by atoms with Crippen molar-refractivity contribution < 1.29 is 19.4 Å². The van der Waals surface area contributed by atoms with Crippen LogP contribution in [0.2, 0.25) is 0 Å². The smallest absolute Gasteiger partial charge is 0.337 e. The Morgan fingerprint density at radius 2 is 1.85 bits per heavy atom. The molecular formula is C15H17NO4. The molecule has 0 aliphatic heterocycles. The van der Waals surface area contributed by atoms with Gasteiger partial charge in [-0.3, -0.25) is 4.98 Å². The summed E-state index contributed by atoms with van der Waals surface area (Å²) in [4.78, 5) is 15.8. The van der Waals surface area contributed by atoms with E-state index >= 15 is 0 Å². The van der Waals surface area contributed by atoms with Gasteiger partial charge < -0.3 is 14.6 Å². The zero-order chi connectivity index (χ0) is 14.9. The zero-order valence-corrected chi connectivity index (χ0v) is 12.0. The molecule has 0 saturated heterocycles. The van der Waals surface area contributed by atoms with Crippen LogP contribution in [0.3, 0.4) is 0 Å². The molecule has 0 radical (unpaired) electrons. The van der Waals surface area contributed by atoms with Crippen molar-refractivity contribution in [1.29, 1.82) is 0 Å². The predicted molar refractivity (Wildman–Crippen MR) is 75.9 cm³/mol. The lowest BCUT2D eigenvalue weighted by Gasteiger charge is -2.14. The summed E-state index contributed by atoms with van der Waals surface area (Å²) >= 11 is 0. The highest BCUT2D eigenvalue weighted by Crippen LogP contribution is 2.34. The highest BCUT2D eigenvalue weighted by Gasteiger charge is 2.19. The average molecular weight is 275 g/mol. The van der Waals surface area contributed by atoms with Crippen LogP contribution in [0.1, 0.15) is 28.5 Å². The summed E-state index contributed by atoms with van der Waals surface area (Å²) in [5.41, 5.74) is 2.25. The van der Waals surface area contributed by atoms with Crippen LogP contribution in [0.5, 0.6) is 11.5 Å². The fraction of sp³-hybridized carbons (Fsp3) is 0.333. The van der Waals surface area contributed by atoms with Gasteiger partial charge in [0.1, 0.15) is 0 Å². The van der Waals surface area contributed by atoms with Gasteiger partial charge in [-0.25, -0.2) is 4.79 Å². The lowest BCUT2D eigenvalue weighted by Crippen LogP contribution is -2.08. The molecule has 1 N–H and O–H groups in total. The minimum absolute atomic E-state index is 0.271. The van der Waals surface area contributed by atoms with Gasteiger partial charge in [-0.15, -0.1) is 0 Å². The molecule has 0 bridgehead atoms. The number of benzene rings is 1. The third-order valence-electron chi connectivity index (χ3n) is 3.35. The van der Waals surface area contributed by atoms with Gasteiger partial charge in [-0.1, -0.05) is 6.92 Å². The first-order valence-corrected chi connectivity index (χ1v) is 6.32. The van der Waals surface area contributed by atoms with Crippen LogP contribution >= 0.6 is 0 Å². The lowest BCUT2D eigenvalue weighted by molar-refractivity contribution is 0.0694. The zero-order valence-electron chi connectivity index (χ0n) is 12.0. The van der Waals surface area contributed by atoms with Crippen LogP contribution in [0.15, 0.2) is 12.1 Å². The third-order valence-corrected chi connectivity index (χ3v) is 3.35. The number of aromatic nitrogens is 1. The summed E-state index contributed by atoms with van der Waals surface area (Å²) in [7, 11) is 3.11. The van der Waals surface area contributed by atoms with Gasteiger partial charge in [0, 0.05) is 11.5 Å². The van der Waals surface area contributed by atoms with E-state index in [1.54, 1.807) is 33.3 Å². The van der Waals surface area contributed by atoms with Crippen molar-refractivity contribution in [2.24, 2.45) is 0 Å². The first kappa shape index (κ1) is 14.1. The number of carboxylic acid groups (broad SMARTS) is 1. The Labute approximate surface area is 117 Å². The van der Waals surface area contributed by atoms with Crippen LogP contribution in [0.25, 0.3) is 10.9 Å². The molecule has 0 unspecified atom stereocenters. The molecular weight excluding hydrogens is 258 g/mol. The van der Waals surface area contributed by atoms with Crippen LogP contribution in [-0.2, 0) is 6.42 Å². The van der Waals surface area contributed by atoms with Crippen molar-refractivity contribution in [1.82, 2.24) is 4.98 Å². The number of hydrogen-bond donors (Lipinski definition) is 1. The number of pyridine rings is 1. The van der Waals surface area contributed by atoms with Gasteiger partial charge in [-0.05, 0) is 25.0 Å². The summed E-state index contributed by atoms with van der Waals surface area (Å²) in [6.07, 6.45) is 0.608. The van der Waals surface area contributed by atoms with E-state index in [0.29, 0.717) is 29.1 Å². The van der Waals surface area contributed by atoms with E-state index in [-0.39, 0.29) is 5.56 Å². The van der Waals surface area contributed by atoms with Crippen molar-refractivity contribution in [2.75, 3.05) is 14.2 Å². The minimum Gasteiger partial charge on any atom is -0.493 e. The molecule has 0 aliphatic rings. The van der Waals surface area contributed by atoms with E-state index < -0.39 is 5.97 Å². The third kappa shape index (κ3) is 2.15. The van der Waals surface area contributed by atoms with E-state index in [0.717, 1.165) is 10.9 Å². The first-order valence-electron chi connectivity index (χ1n) is 6.32. The Balaban J connectivity index is 2.89. The molecule has 0 fully saturated rings. The quantitative estimate of drug-likeness (QED) is 0.929. The SMILES string of the molecule is CCc1c(C(=O)O)c(C)nc2cc(OC)c(OC)cc12. The molecule has 5 heteroatoms. The number of aryl methyl sites for hydroxylation is 2. The van der Waals surface area contributed by atoms with Gasteiger partial charge in [0.15, 0.2) is 11.5 Å². The number of methoxy groups -OCH3 is 2. The maximum atomic E-state index is 11.4. The van der Waals surface area contributed by atoms with Crippen molar-refractivity contribution >= 4 is 16.9 Å². The molecule has 0 saturated carbocycles. The Kier molecular flexibility index (Phi) is 3.79. The standard InChI is InChI=1S/C15H17NO4/c1-5-9-10-6-12(19-3)13(20-4)7-11(10)16-8(2)14(9)15(17)18/h6-7H,5H2,1-4H3,(H,17,18). The Bertz CT molecular complexity index is 679. The summed E-state index contributed by atoms with van der Waals surface area (Å²) in [5.74, 6) is 0.192. The van der Waals surface area contributed by atoms with Gasteiger partial charge >= 0.3 is 5.97 Å². The molecule has 2 aromatic rings. The molecule has 20 heavy (non-hydrogen) atoms. The lowest BCUT2D eigenvalue weighted by atomic mass is 9.98. The molecule has 0 amide bonds. The monoisotopic (exact) mass is 275 g/mol. The second-order valence-electron chi connectivity index (χ2n) is 4.43. The Morgan fingerprint density at radius 3 is 2.35 bits per heavy atom. The summed E-state index contributed by atoms with van der Waals surface area (Å²) < 4.78 is 10.5. The van der Waals surface area contributed by atoms with Crippen molar-refractivity contribution in [3.8, 4) is 11.5 Å². The van der Waals surface area contributed by atoms with Gasteiger partial charge in [0.2, 0.25) is 0 Å². The fourth-order valence-corrected chi connectivity index (χ4v) is 2.44. The molecule has 1 heterocycles. The van der Waals surface area contributed by atoms with E-state index in [1.807, 2.05) is 6.92 Å². The van der Waals surface area contributed by atoms with Crippen molar-refractivity contribution in [3.05, 3.63) is 29.0 Å². The number of nitrogens with zero attached hydrogens (tertiary/aromatic N) is 1. The van der Waals surface area contributed by atoms with E-state index in [9.17, 15) is 9.90 Å². The van der Waals surface area contributed by atoms with Crippen LogP contribution in [0, 0.1) is 6.92 Å². The number of hydrogen-bond acceptors (Lipinski definition) is 4. The second-order valence-corrected chi connectivity index (χ2v) is 4.43. The van der Waals surface area contributed by atoms with E-state index in [1.165, 1.54) is 0 Å². The molecule has 1 aromatic heterocycles. The maximum Gasteiger partial charge on any atom is 0.337 e. The van der Waals surface area contributed by atoms with E-state index in [4.69, 9.17) is 9.47 Å².